The summed E-state index contributed by atoms with van der Waals surface area (Å²) in [5.41, 5.74) is 2.89. The molecule has 2 aromatic rings. The molecule has 0 bridgehead atoms. The fraction of sp³-hybridized carbons (Fsp3) is 0.409. The van der Waals surface area contributed by atoms with Crippen LogP contribution in [0.3, 0.4) is 0 Å². The van der Waals surface area contributed by atoms with E-state index in [2.05, 4.69) is 41.5 Å². The van der Waals surface area contributed by atoms with Crippen LogP contribution in [0, 0.1) is 5.82 Å². The lowest BCUT2D eigenvalue weighted by molar-refractivity contribution is -1.02. The first-order valence-electron chi connectivity index (χ1n) is 9.91. The third-order valence-electron chi connectivity index (χ3n) is 5.62. The molecule has 1 amide bonds. The number of quaternary nitrogens is 2. The van der Waals surface area contributed by atoms with Crippen LogP contribution in [0.4, 0.5) is 10.1 Å². The van der Waals surface area contributed by atoms with E-state index >= 15 is 0 Å². The maximum Gasteiger partial charge on any atom is 0.251 e. The van der Waals surface area contributed by atoms with E-state index in [-0.39, 0.29) is 17.8 Å². The summed E-state index contributed by atoms with van der Waals surface area (Å²) in [6.07, 6.45) is 0. The Morgan fingerprint density at radius 3 is 2.21 bits per heavy atom. The van der Waals surface area contributed by atoms with Gasteiger partial charge < -0.3 is 20.0 Å². The van der Waals surface area contributed by atoms with E-state index in [1.54, 1.807) is 4.90 Å². The summed E-state index contributed by atoms with van der Waals surface area (Å²) < 4.78 is 13.1. The topological polar surface area (TPSA) is 41.2 Å². The largest absolute Gasteiger partial charge is 0.378 e. The minimum Gasteiger partial charge on any atom is -0.378 e. The zero-order valence-electron chi connectivity index (χ0n) is 17.0. The zero-order chi connectivity index (χ0) is 20.1. The Kier molecular flexibility index (Phi) is 6.65. The molecule has 5 nitrogen and oxygen atoms in total. The number of rotatable bonds is 6. The van der Waals surface area contributed by atoms with E-state index in [4.69, 9.17) is 0 Å². The highest BCUT2D eigenvalue weighted by molar-refractivity contribution is 5.94. The predicted molar refractivity (Wildman–Crippen MR) is 110 cm³/mol. The van der Waals surface area contributed by atoms with E-state index in [1.165, 1.54) is 34.7 Å². The molecule has 1 heterocycles. The number of anilines is 1. The van der Waals surface area contributed by atoms with E-state index in [0.29, 0.717) is 12.1 Å². The standard InChI is InChI=1S/C22H29FN4O/c1-25(2)20-10-6-17(7-11-20)21(27-14-12-26(3)13-15-27)16-24-22(28)18-4-8-19(23)9-5-18/h4-11,21H,12-16H2,1-3H3,(H,24,28)/p+2/t21-/m1/s1. The quantitative estimate of drug-likeness (QED) is 0.642. The first-order chi connectivity index (χ1) is 13.4. The molecule has 0 radical (unpaired) electrons. The van der Waals surface area contributed by atoms with Gasteiger partial charge in [0.25, 0.3) is 5.91 Å². The van der Waals surface area contributed by atoms with Gasteiger partial charge in [0.2, 0.25) is 0 Å². The molecule has 1 saturated heterocycles. The van der Waals surface area contributed by atoms with Crippen LogP contribution < -0.4 is 20.0 Å². The molecule has 6 heteroatoms. The summed E-state index contributed by atoms with van der Waals surface area (Å²) in [5, 5.41) is 3.06. The molecule has 0 saturated carbocycles. The number of carbonyl (C=O) groups is 1. The summed E-state index contributed by atoms with van der Waals surface area (Å²) in [4.78, 5) is 17.7. The van der Waals surface area contributed by atoms with Crippen LogP contribution in [0.1, 0.15) is 22.0 Å². The van der Waals surface area contributed by atoms with E-state index in [0.717, 1.165) is 31.9 Å². The number of halogens is 1. The Hall–Kier alpha value is -2.44. The second-order valence-corrected chi connectivity index (χ2v) is 7.87. The summed E-state index contributed by atoms with van der Waals surface area (Å²) in [6.45, 7) is 4.99. The van der Waals surface area contributed by atoms with Gasteiger partial charge >= 0.3 is 0 Å². The van der Waals surface area contributed by atoms with Crippen molar-refractivity contribution >= 4 is 11.6 Å². The fourth-order valence-electron chi connectivity index (χ4n) is 3.75. The number of benzene rings is 2. The van der Waals surface area contributed by atoms with E-state index < -0.39 is 0 Å². The van der Waals surface area contributed by atoms with Crippen molar-refractivity contribution in [1.82, 2.24) is 5.32 Å². The smallest absolute Gasteiger partial charge is 0.251 e. The van der Waals surface area contributed by atoms with Crippen molar-refractivity contribution in [3.05, 3.63) is 65.5 Å². The summed E-state index contributed by atoms with van der Waals surface area (Å²) >= 11 is 0. The molecule has 1 fully saturated rings. The van der Waals surface area contributed by atoms with Gasteiger partial charge in [-0.3, -0.25) is 4.79 Å². The van der Waals surface area contributed by atoms with Gasteiger partial charge in [0.05, 0.1) is 13.6 Å². The Bertz CT molecular complexity index is 768. The van der Waals surface area contributed by atoms with Crippen LogP contribution >= 0.6 is 0 Å². The normalized spacial score (nSPS) is 20.4. The fourth-order valence-corrected chi connectivity index (χ4v) is 3.75. The molecule has 1 atom stereocenters. The molecule has 0 aromatic heterocycles. The van der Waals surface area contributed by atoms with Crippen molar-refractivity contribution in [3.8, 4) is 0 Å². The van der Waals surface area contributed by atoms with Gasteiger partial charge in [0.15, 0.2) is 0 Å². The highest BCUT2D eigenvalue weighted by atomic mass is 19.1. The van der Waals surface area contributed by atoms with Crippen molar-refractivity contribution in [1.29, 1.82) is 0 Å². The van der Waals surface area contributed by atoms with Gasteiger partial charge in [-0.2, -0.15) is 0 Å². The van der Waals surface area contributed by atoms with Gasteiger partial charge in [0, 0.05) is 30.9 Å². The Labute approximate surface area is 166 Å². The molecule has 3 rings (SSSR count). The van der Waals surface area contributed by atoms with Crippen LogP contribution in [-0.4, -0.2) is 59.8 Å². The lowest BCUT2D eigenvalue weighted by Gasteiger charge is -2.33. The zero-order valence-corrected chi connectivity index (χ0v) is 17.0. The first-order valence-corrected chi connectivity index (χ1v) is 9.91. The number of piperazine rings is 1. The van der Waals surface area contributed by atoms with Crippen molar-refractivity contribution in [2.75, 3.05) is 58.8 Å². The number of hydrogen-bond acceptors (Lipinski definition) is 2. The number of carbonyl (C=O) groups excluding carboxylic acids is 1. The Morgan fingerprint density at radius 1 is 1.04 bits per heavy atom. The average Bonchev–Trinajstić information content (AvgIpc) is 2.70. The van der Waals surface area contributed by atoms with Crippen molar-refractivity contribution in [2.24, 2.45) is 0 Å². The number of amides is 1. The lowest BCUT2D eigenvalue weighted by atomic mass is 10.0. The third-order valence-corrected chi connectivity index (χ3v) is 5.62. The van der Waals surface area contributed by atoms with Gasteiger partial charge in [-0.15, -0.1) is 0 Å². The van der Waals surface area contributed by atoms with Gasteiger partial charge in [-0.05, 0) is 36.4 Å². The van der Waals surface area contributed by atoms with Gasteiger partial charge in [-0.25, -0.2) is 4.39 Å². The molecule has 1 aliphatic rings. The monoisotopic (exact) mass is 386 g/mol. The molecule has 0 unspecified atom stereocenters. The van der Waals surface area contributed by atoms with Crippen molar-refractivity contribution in [2.45, 2.75) is 6.04 Å². The second-order valence-electron chi connectivity index (χ2n) is 7.87. The average molecular weight is 387 g/mol. The molecule has 0 spiro atoms. The van der Waals surface area contributed by atoms with Crippen LogP contribution in [-0.2, 0) is 0 Å². The SMILES string of the molecule is CN(C)c1ccc([C@@H](CNC(=O)c2ccc(F)cc2)[NH+]2CC[NH+](C)CC2)cc1. The van der Waals surface area contributed by atoms with Crippen LogP contribution in [0.25, 0.3) is 0 Å². The van der Waals surface area contributed by atoms with Crippen molar-refractivity contribution in [3.63, 3.8) is 0 Å². The summed E-state index contributed by atoms with van der Waals surface area (Å²) in [6, 6.07) is 14.5. The first kappa shape index (κ1) is 20.3. The molecular formula is C22H31FN4O+2. The number of hydrogen-bond donors (Lipinski definition) is 3. The molecule has 2 aromatic carbocycles. The van der Waals surface area contributed by atoms with Gasteiger partial charge in [0.1, 0.15) is 38.0 Å². The molecule has 150 valence electrons. The Balaban J connectivity index is 1.74. The molecule has 28 heavy (non-hydrogen) atoms. The Morgan fingerprint density at radius 2 is 1.64 bits per heavy atom. The van der Waals surface area contributed by atoms with E-state index in [9.17, 15) is 9.18 Å². The van der Waals surface area contributed by atoms with Crippen LogP contribution in [0.15, 0.2) is 48.5 Å². The third kappa shape index (κ3) is 5.09. The highest BCUT2D eigenvalue weighted by Gasteiger charge is 2.29. The molecule has 1 aliphatic heterocycles. The molecule has 3 N–H and O–H groups in total. The second kappa shape index (κ2) is 9.17. The number of nitrogens with one attached hydrogen (secondary N) is 3. The number of likely N-dealkylation sites (N-methyl/N-ethyl adjacent to an activating group) is 1. The van der Waals surface area contributed by atoms with E-state index in [1.807, 2.05) is 14.1 Å². The minimum absolute atomic E-state index is 0.158. The van der Waals surface area contributed by atoms with Crippen LogP contribution in [0.5, 0.6) is 0 Å². The summed E-state index contributed by atoms with van der Waals surface area (Å²) in [5.74, 6) is -0.492. The highest BCUT2D eigenvalue weighted by Crippen LogP contribution is 2.16. The van der Waals surface area contributed by atoms with Crippen LogP contribution in [0.2, 0.25) is 0 Å². The van der Waals surface area contributed by atoms with Crippen molar-refractivity contribution < 1.29 is 19.0 Å². The van der Waals surface area contributed by atoms with Gasteiger partial charge in [-0.1, -0.05) is 12.1 Å². The number of nitrogens with zero attached hydrogens (tertiary/aromatic N) is 1. The molecule has 0 aliphatic carbocycles. The lowest BCUT2D eigenvalue weighted by Crippen LogP contribution is -3.27. The maximum atomic E-state index is 13.1. The molecular weight excluding hydrogens is 355 g/mol. The predicted octanol–water partition coefficient (Wildman–Crippen LogP) is -0.224. The maximum absolute atomic E-state index is 13.1. The summed E-state index contributed by atoms with van der Waals surface area (Å²) in [7, 11) is 6.29. The minimum atomic E-state index is -0.334.